The van der Waals surface area contributed by atoms with E-state index in [9.17, 15) is 4.79 Å². The molecule has 4 rings (SSSR count). The number of rotatable bonds is 5. The SMILES string of the molecule is COCCCN1COc2c(cc3c(c2C)O/C(=C\c2c(Cl)cccc2Cl)C3=O)C1. The Labute approximate surface area is 179 Å². The van der Waals surface area contributed by atoms with Crippen molar-refractivity contribution in [2.45, 2.75) is 19.9 Å². The van der Waals surface area contributed by atoms with E-state index in [1.165, 1.54) is 0 Å². The predicted molar refractivity (Wildman–Crippen MR) is 113 cm³/mol. The van der Waals surface area contributed by atoms with Crippen molar-refractivity contribution in [3.63, 3.8) is 0 Å². The molecule has 0 bridgehead atoms. The van der Waals surface area contributed by atoms with Gasteiger partial charge in [0.25, 0.3) is 0 Å². The first-order valence-corrected chi connectivity index (χ1v) is 10.1. The molecule has 0 spiro atoms. The van der Waals surface area contributed by atoms with Crippen LogP contribution in [-0.2, 0) is 11.3 Å². The van der Waals surface area contributed by atoms with Crippen LogP contribution in [0.4, 0.5) is 0 Å². The Kier molecular flexibility index (Phi) is 5.83. The van der Waals surface area contributed by atoms with Gasteiger partial charge in [-0.25, -0.2) is 0 Å². The number of methoxy groups -OCH3 is 1. The Morgan fingerprint density at radius 2 is 2.00 bits per heavy atom. The van der Waals surface area contributed by atoms with E-state index >= 15 is 0 Å². The summed E-state index contributed by atoms with van der Waals surface area (Å²) in [6, 6.07) is 7.08. The average molecular weight is 434 g/mol. The summed E-state index contributed by atoms with van der Waals surface area (Å²) in [7, 11) is 1.70. The van der Waals surface area contributed by atoms with Crippen LogP contribution in [0.25, 0.3) is 6.08 Å². The monoisotopic (exact) mass is 433 g/mol. The highest BCUT2D eigenvalue weighted by Gasteiger charge is 2.33. The Balaban J connectivity index is 1.64. The van der Waals surface area contributed by atoms with Crippen molar-refractivity contribution in [2.75, 3.05) is 27.0 Å². The molecule has 2 aromatic rings. The number of halogens is 2. The van der Waals surface area contributed by atoms with Crippen LogP contribution in [0.5, 0.6) is 11.5 Å². The second-order valence-electron chi connectivity index (χ2n) is 7.11. The Bertz CT molecular complexity index is 983. The van der Waals surface area contributed by atoms with Gasteiger partial charge in [-0.2, -0.15) is 0 Å². The molecule has 0 N–H and O–H groups in total. The Morgan fingerprint density at radius 3 is 2.72 bits per heavy atom. The fourth-order valence-corrected chi connectivity index (χ4v) is 4.16. The molecule has 7 heteroatoms. The van der Waals surface area contributed by atoms with Gasteiger partial charge in [-0.1, -0.05) is 29.3 Å². The highest BCUT2D eigenvalue weighted by atomic mass is 35.5. The molecular weight excluding hydrogens is 413 g/mol. The highest BCUT2D eigenvalue weighted by molar-refractivity contribution is 6.37. The molecule has 5 nitrogen and oxygen atoms in total. The third-order valence-corrected chi connectivity index (χ3v) is 5.76. The molecule has 0 radical (unpaired) electrons. The third-order valence-electron chi connectivity index (χ3n) is 5.10. The largest absolute Gasteiger partial charge is 0.477 e. The van der Waals surface area contributed by atoms with Gasteiger partial charge in [0.15, 0.2) is 5.76 Å². The molecule has 29 heavy (non-hydrogen) atoms. The lowest BCUT2D eigenvalue weighted by Gasteiger charge is -2.30. The number of allylic oxidation sites excluding steroid dienone is 1. The maximum Gasteiger partial charge on any atom is 0.231 e. The zero-order valence-corrected chi connectivity index (χ0v) is 17.8. The smallest absolute Gasteiger partial charge is 0.231 e. The van der Waals surface area contributed by atoms with Crippen molar-refractivity contribution in [3.8, 4) is 11.5 Å². The second-order valence-corrected chi connectivity index (χ2v) is 7.93. The average Bonchev–Trinajstić information content (AvgIpc) is 3.01. The Hall–Kier alpha value is -2.05. The van der Waals surface area contributed by atoms with E-state index in [4.69, 9.17) is 37.4 Å². The van der Waals surface area contributed by atoms with Gasteiger partial charge in [-0.3, -0.25) is 9.69 Å². The van der Waals surface area contributed by atoms with Crippen LogP contribution < -0.4 is 9.47 Å². The summed E-state index contributed by atoms with van der Waals surface area (Å²) in [6.07, 6.45) is 2.52. The van der Waals surface area contributed by atoms with Gasteiger partial charge in [0.1, 0.15) is 18.2 Å². The lowest BCUT2D eigenvalue weighted by Crippen LogP contribution is -2.33. The number of ketones is 1. The zero-order chi connectivity index (χ0) is 20.5. The molecule has 2 aliphatic rings. The molecule has 0 saturated heterocycles. The van der Waals surface area contributed by atoms with Crippen molar-refractivity contribution >= 4 is 35.1 Å². The summed E-state index contributed by atoms with van der Waals surface area (Å²) in [4.78, 5) is 15.2. The first-order chi connectivity index (χ1) is 14.0. The molecule has 152 valence electrons. The quantitative estimate of drug-likeness (QED) is 0.484. The standard InChI is InChI=1S/C22H21Cl2NO4/c1-13-21-14(11-25(12-28-21)7-4-8-27-2)9-16-20(26)19(29-22(13)16)10-15-17(23)5-3-6-18(15)24/h3,5-6,9-10H,4,7-8,11-12H2,1-2H3/b19-10-. The van der Waals surface area contributed by atoms with Gasteiger partial charge >= 0.3 is 0 Å². The van der Waals surface area contributed by atoms with Crippen LogP contribution in [0.15, 0.2) is 30.0 Å². The normalized spacial score (nSPS) is 17.1. The van der Waals surface area contributed by atoms with Crippen LogP contribution >= 0.6 is 23.2 Å². The van der Waals surface area contributed by atoms with E-state index in [1.54, 1.807) is 31.4 Å². The highest BCUT2D eigenvalue weighted by Crippen LogP contribution is 2.43. The number of nitrogens with zero attached hydrogens (tertiary/aromatic N) is 1. The van der Waals surface area contributed by atoms with E-state index in [2.05, 4.69) is 4.90 Å². The number of hydrogen-bond donors (Lipinski definition) is 0. The molecule has 0 aromatic heterocycles. The van der Waals surface area contributed by atoms with Crippen LogP contribution in [0.1, 0.15) is 33.5 Å². The Morgan fingerprint density at radius 1 is 1.24 bits per heavy atom. The van der Waals surface area contributed by atoms with Crippen molar-refractivity contribution in [1.82, 2.24) is 4.90 Å². The number of ether oxygens (including phenoxy) is 3. The molecule has 2 aliphatic heterocycles. The maximum absolute atomic E-state index is 13.0. The molecule has 0 unspecified atom stereocenters. The molecule has 0 atom stereocenters. The van der Waals surface area contributed by atoms with Crippen LogP contribution in [-0.4, -0.2) is 37.7 Å². The van der Waals surface area contributed by atoms with Gasteiger partial charge in [-0.15, -0.1) is 0 Å². The zero-order valence-electron chi connectivity index (χ0n) is 16.3. The molecular formula is C22H21Cl2NO4. The van der Waals surface area contributed by atoms with Crippen molar-refractivity contribution in [2.24, 2.45) is 0 Å². The summed E-state index contributed by atoms with van der Waals surface area (Å²) in [5.41, 5.74) is 2.92. The van der Waals surface area contributed by atoms with E-state index in [1.807, 2.05) is 13.0 Å². The minimum Gasteiger partial charge on any atom is -0.477 e. The minimum absolute atomic E-state index is 0.182. The molecule has 0 amide bonds. The number of carbonyl (C=O) groups is 1. The third kappa shape index (κ3) is 3.88. The van der Waals surface area contributed by atoms with Crippen molar-refractivity contribution < 1.29 is 19.0 Å². The lowest BCUT2D eigenvalue weighted by molar-refractivity contribution is 0.0826. The van der Waals surface area contributed by atoms with Crippen molar-refractivity contribution in [3.05, 3.63) is 62.3 Å². The number of fused-ring (bicyclic) bond motifs is 2. The molecule has 2 heterocycles. The molecule has 0 fully saturated rings. The summed E-state index contributed by atoms with van der Waals surface area (Å²) < 4.78 is 17.0. The summed E-state index contributed by atoms with van der Waals surface area (Å²) >= 11 is 12.5. The van der Waals surface area contributed by atoms with E-state index in [0.29, 0.717) is 40.3 Å². The van der Waals surface area contributed by atoms with E-state index < -0.39 is 0 Å². The number of benzene rings is 2. The first kappa shape index (κ1) is 20.2. The topological polar surface area (TPSA) is 48.0 Å². The minimum atomic E-state index is -0.182. The fraction of sp³-hybridized carbons (Fsp3) is 0.318. The molecule has 0 saturated carbocycles. The molecule has 2 aromatic carbocycles. The van der Waals surface area contributed by atoms with Gasteiger partial charge < -0.3 is 14.2 Å². The predicted octanol–water partition coefficient (Wildman–Crippen LogP) is 5.11. The van der Waals surface area contributed by atoms with E-state index in [-0.39, 0.29) is 11.5 Å². The van der Waals surface area contributed by atoms with Gasteiger partial charge in [-0.05, 0) is 37.6 Å². The van der Waals surface area contributed by atoms with Gasteiger partial charge in [0, 0.05) is 53.5 Å². The van der Waals surface area contributed by atoms with Crippen LogP contribution in [0, 0.1) is 6.92 Å². The number of Topliss-reactive ketones (excluding diaryl/α,β-unsaturated/α-hetero) is 1. The summed E-state index contributed by atoms with van der Waals surface area (Å²) in [5, 5.41) is 0.923. The molecule has 0 aliphatic carbocycles. The first-order valence-electron chi connectivity index (χ1n) is 9.38. The van der Waals surface area contributed by atoms with Crippen LogP contribution in [0.2, 0.25) is 10.0 Å². The fourth-order valence-electron chi connectivity index (χ4n) is 3.65. The second kappa shape index (κ2) is 8.36. The lowest BCUT2D eigenvalue weighted by atomic mass is 10.00. The summed E-state index contributed by atoms with van der Waals surface area (Å²) in [6.45, 7) is 4.71. The summed E-state index contributed by atoms with van der Waals surface area (Å²) in [5.74, 6) is 1.35. The van der Waals surface area contributed by atoms with Gasteiger partial charge in [0.2, 0.25) is 5.78 Å². The van der Waals surface area contributed by atoms with Crippen LogP contribution in [0.3, 0.4) is 0 Å². The van der Waals surface area contributed by atoms with E-state index in [0.717, 1.165) is 36.4 Å². The van der Waals surface area contributed by atoms with Gasteiger partial charge in [0.05, 0.1) is 5.56 Å². The number of carbonyl (C=O) groups excluding carboxylic acids is 1. The number of hydrogen-bond acceptors (Lipinski definition) is 5. The van der Waals surface area contributed by atoms with Crippen molar-refractivity contribution in [1.29, 1.82) is 0 Å². The maximum atomic E-state index is 13.0.